The zero-order valence-electron chi connectivity index (χ0n) is 23.5. The molecule has 0 bridgehead atoms. The second-order valence-electron chi connectivity index (χ2n) is 10.5. The Morgan fingerprint density at radius 1 is 1.00 bits per heavy atom. The van der Waals surface area contributed by atoms with Crippen molar-refractivity contribution in [3.8, 4) is 23.0 Å². The summed E-state index contributed by atoms with van der Waals surface area (Å²) in [5.41, 5.74) is -0.374. The first-order valence-corrected chi connectivity index (χ1v) is 15.6. The average molecular weight is 586 g/mol. The third-order valence-electron chi connectivity index (χ3n) is 7.36. The summed E-state index contributed by atoms with van der Waals surface area (Å²) < 4.78 is 48.6. The van der Waals surface area contributed by atoms with Crippen LogP contribution in [-0.2, 0) is 9.84 Å². The number of carbonyl (C=O) groups is 1. The van der Waals surface area contributed by atoms with Crippen LogP contribution in [-0.4, -0.2) is 54.4 Å². The number of benzene rings is 2. The number of nitrogens with one attached hydrogen (secondary N) is 1. The Labute approximate surface area is 240 Å². The van der Waals surface area contributed by atoms with Crippen LogP contribution in [0.3, 0.4) is 0 Å². The smallest absolute Gasteiger partial charge is 0.321 e. The van der Waals surface area contributed by atoms with E-state index in [0.29, 0.717) is 54.8 Å². The summed E-state index contributed by atoms with van der Waals surface area (Å²) in [6.45, 7) is 5.12. The normalized spacial score (nSPS) is 15.0. The number of pyridine rings is 1. The summed E-state index contributed by atoms with van der Waals surface area (Å²) >= 11 is 0. The molecule has 0 spiro atoms. The molecule has 1 fully saturated rings. The molecule has 2 amide bonds. The molecule has 2 aromatic carbocycles. The lowest BCUT2D eigenvalue weighted by molar-refractivity contribution is -0.0309. The van der Waals surface area contributed by atoms with Crippen molar-refractivity contribution in [1.29, 1.82) is 0 Å². The van der Waals surface area contributed by atoms with Crippen molar-refractivity contribution in [2.75, 3.05) is 24.7 Å². The van der Waals surface area contributed by atoms with E-state index < -0.39 is 21.4 Å². The maximum atomic E-state index is 13.3. The maximum Gasteiger partial charge on any atom is 0.321 e. The minimum Gasteiger partial charge on any atom is -0.457 e. The maximum absolute atomic E-state index is 13.3. The zero-order valence-corrected chi connectivity index (χ0v) is 24.3. The number of anilines is 1. The van der Waals surface area contributed by atoms with E-state index in [-0.39, 0.29) is 16.7 Å². The predicted molar refractivity (Wildman–Crippen MR) is 154 cm³/mol. The third kappa shape index (κ3) is 8.40. The highest BCUT2D eigenvalue weighted by molar-refractivity contribution is 7.90. The summed E-state index contributed by atoms with van der Waals surface area (Å²) in [5, 5.41) is 14.0. The Kier molecular flexibility index (Phi) is 9.49. The van der Waals surface area contributed by atoms with Gasteiger partial charge in [-0.15, -0.1) is 0 Å². The van der Waals surface area contributed by atoms with E-state index in [1.165, 1.54) is 42.6 Å². The number of aromatic nitrogens is 1. The van der Waals surface area contributed by atoms with Crippen LogP contribution in [0, 0.1) is 11.9 Å². The number of amides is 2. The fourth-order valence-corrected chi connectivity index (χ4v) is 5.49. The molecule has 1 saturated heterocycles. The molecule has 4 rings (SSSR count). The quantitative estimate of drug-likeness (QED) is 0.265. The van der Waals surface area contributed by atoms with Gasteiger partial charge in [-0.25, -0.2) is 18.2 Å². The lowest BCUT2D eigenvalue weighted by Crippen LogP contribution is -2.48. The number of aliphatic hydroxyl groups is 1. The van der Waals surface area contributed by atoms with Gasteiger partial charge in [-0.3, -0.25) is 0 Å². The van der Waals surface area contributed by atoms with Gasteiger partial charge in [-0.1, -0.05) is 26.7 Å². The van der Waals surface area contributed by atoms with Crippen LogP contribution in [0.25, 0.3) is 0 Å². The van der Waals surface area contributed by atoms with Crippen molar-refractivity contribution in [3.05, 3.63) is 66.7 Å². The van der Waals surface area contributed by atoms with E-state index in [4.69, 9.17) is 9.47 Å². The molecule has 41 heavy (non-hydrogen) atoms. The minimum absolute atomic E-state index is 0.159. The number of ether oxygens (including phenoxy) is 2. The van der Waals surface area contributed by atoms with Crippen LogP contribution in [0.1, 0.15) is 46.0 Å². The lowest BCUT2D eigenvalue weighted by atomic mass is 9.81. The van der Waals surface area contributed by atoms with Gasteiger partial charge in [0.2, 0.25) is 5.95 Å². The largest absolute Gasteiger partial charge is 0.457 e. The zero-order chi connectivity index (χ0) is 29.6. The van der Waals surface area contributed by atoms with E-state index in [2.05, 4.69) is 24.1 Å². The van der Waals surface area contributed by atoms with E-state index in [1.54, 1.807) is 23.1 Å². The first-order valence-electron chi connectivity index (χ1n) is 13.7. The van der Waals surface area contributed by atoms with Gasteiger partial charge in [0.15, 0.2) is 9.84 Å². The third-order valence-corrected chi connectivity index (χ3v) is 8.49. The first kappa shape index (κ1) is 30.3. The van der Waals surface area contributed by atoms with E-state index in [9.17, 15) is 22.7 Å². The van der Waals surface area contributed by atoms with Crippen LogP contribution < -0.4 is 14.8 Å². The average Bonchev–Trinajstić information content (AvgIpc) is 2.93. The SMILES string of the molecule is CCC(CC)CC1(O)CCN(C(=O)Nc2cc(Oc3ccc(S(C)(=O)=O)cc3)cc(Oc3ccc(F)nc3)c2)CC1. The van der Waals surface area contributed by atoms with Crippen LogP contribution >= 0.6 is 0 Å². The second kappa shape index (κ2) is 12.9. The predicted octanol–water partition coefficient (Wildman–Crippen LogP) is 6.39. The highest BCUT2D eigenvalue weighted by atomic mass is 32.2. The van der Waals surface area contributed by atoms with E-state index >= 15 is 0 Å². The molecule has 0 aliphatic carbocycles. The van der Waals surface area contributed by atoms with Crippen molar-refractivity contribution in [3.63, 3.8) is 0 Å². The summed E-state index contributed by atoms with van der Waals surface area (Å²) in [5.74, 6) is 1.10. The first-order chi connectivity index (χ1) is 19.5. The molecule has 3 aromatic rings. The Morgan fingerprint density at radius 3 is 2.12 bits per heavy atom. The topological polar surface area (TPSA) is 118 Å². The molecule has 1 aliphatic rings. The number of rotatable bonds is 10. The molecule has 2 heterocycles. The van der Waals surface area contributed by atoms with Gasteiger partial charge in [0.1, 0.15) is 23.0 Å². The van der Waals surface area contributed by atoms with Gasteiger partial charge in [-0.05, 0) is 61.6 Å². The molecule has 9 nitrogen and oxygen atoms in total. The standard InChI is InChI=1S/C30H36FN3O6S/c1-4-21(5-2)19-30(36)12-14-34(15-13-30)29(35)33-22-16-25(39-23-6-9-27(10-7-23)41(3,37)38)18-26(17-22)40-24-8-11-28(31)32-20-24/h6-11,16-18,20-21,36H,4-5,12-15,19H2,1-3H3,(H,33,35). The Balaban J connectivity index is 1.50. The number of piperidine rings is 1. The summed E-state index contributed by atoms with van der Waals surface area (Å²) in [4.78, 5) is 18.6. The molecule has 0 saturated carbocycles. The molecule has 2 N–H and O–H groups in total. The fraction of sp³-hybridized carbons (Fsp3) is 0.400. The number of sulfone groups is 1. The number of nitrogens with zero attached hydrogens (tertiary/aromatic N) is 2. The van der Waals surface area contributed by atoms with Crippen LogP contribution in [0.2, 0.25) is 0 Å². The van der Waals surface area contributed by atoms with Crippen molar-refractivity contribution in [2.24, 2.45) is 5.92 Å². The Bertz CT molecular complexity index is 1440. The fourth-order valence-electron chi connectivity index (χ4n) is 4.86. The molecule has 0 unspecified atom stereocenters. The number of hydrogen-bond donors (Lipinski definition) is 2. The number of hydrogen-bond acceptors (Lipinski definition) is 7. The molecule has 1 aliphatic heterocycles. The molecule has 220 valence electrons. The van der Waals surface area contributed by atoms with Crippen molar-refractivity contribution in [2.45, 2.75) is 56.4 Å². The number of halogens is 1. The second-order valence-corrected chi connectivity index (χ2v) is 12.5. The molecule has 0 atom stereocenters. The number of likely N-dealkylation sites (tertiary alicyclic amines) is 1. The van der Waals surface area contributed by atoms with Gasteiger partial charge < -0.3 is 24.8 Å². The van der Waals surface area contributed by atoms with Crippen molar-refractivity contribution >= 4 is 21.6 Å². The monoisotopic (exact) mass is 585 g/mol. The summed E-state index contributed by atoms with van der Waals surface area (Å²) in [6.07, 6.45) is 6.15. The van der Waals surface area contributed by atoms with Gasteiger partial charge in [0.05, 0.1) is 16.7 Å². The molecular formula is C30H36FN3O6S. The molecular weight excluding hydrogens is 549 g/mol. The van der Waals surface area contributed by atoms with Gasteiger partial charge in [-0.2, -0.15) is 4.39 Å². The van der Waals surface area contributed by atoms with Gasteiger partial charge in [0.25, 0.3) is 0 Å². The van der Waals surface area contributed by atoms with E-state index in [1.807, 2.05) is 0 Å². The highest BCUT2D eigenvalue weighted by Gasteiger charge is 2.35. The molecule has 11 heteroatoms. The highest BCUT2D eigenvalue weighted by Crippen LogP contribution is 2.34. The lowest BCUT2D eigenvalue weighted by Gasteiger charge is -2.39. The van der Waals surface area contributed by atoms with Gasteiger partial charge in [0, 0.05) is 43.2 Å². The van der Waals surface area contributed by atoms with Crippen LogP contribution in [0.5, 0.6) is 23.0 Å². The van der Waals surface area contributed by atoms with Crippen molar-refractivity contribution < 1.29 is 32.2 Å². The van der Waals surface area contributed by atoms with Crippen LogP contribution in [0.15, 0.2) is 65.7 Å². The minimum atomic E-state index is -3.36. The Hall–Kier alpha value is -3.70. The number of carbonyl (C=O) groups excluding carboxylic acids is 1. The number of urea groups is 1. The summed E-state index contributed by atoms with van der Waals surface area (Å²) in [6, 6.07) is 13.0. The molecule has 0 radical (unpaired) electrons. The Morgan fingerprint density at radius 2 is 1.59 bits per heavy atom. The molecule has 1 aromatic heterocycles. The summed E-state index contributed by atoms with van der Waals surface area (Å²) in [7, 11) is -3.36. The van der Waals surface area contributed by atoms with Crippen molar-refractivity contribution in [1.82, 2.24) is 9.88 Å². The van der Waals surface area contributed by atoms with Gasteiger partial charge >= 0.3 is 6.03 Å². The van der Waals surface area contributed by atoms with E-state index in [0.717, 1.165) is 25.5 Å². The van der Waals surface area contributed by atoms with Crippen LogP contribution in [0.4, 0.5) is 14.9 Å².